The van der Waals surface area contributed by atoms with Crippen molar-refractivity contribution in [3.05, 3.63) is 32.2 Å². The van der Waals surface area contributed by atoms with Gasteiger partial charge in [0.15, 0.2) is 0 Å². The summed E-state index contributed by atoms with van der Waals surface area (Å²) in [5.41, 5.74) is 1.16. The van der Waals surface area contributed by atoms with Crippen LogP contribution >= 0.6 is 31.9 Å². The van der Waals surface area contributed by atoms with E-state index in [0.717, 1.165) is 5.56 Å². The van der Waals surface area contributed by atoms with Crippen molar-refractivity contribution in [1.29, 1.82) is 0 Å². The van der Waals surface area contributed by atoms with Gasteiger partial charge < -0.3 is 9.47 Å². The fourth-order valence-electron chi connectivity index (χ4n) is 1.09. The molecule has 0 saturated heterocycles. The first-order valence-corrected chi connectivity index (χ1v) is 5.80. The molecule has 86 valence electrons. The number of rotatable bonds is 4. The van der Waals surface area contributed by atoms with Crippen molar-refractivity contribution < 1.29 is 19.1 Å². The van der Waals surface area contributed by atoms with Gasteiger partial charge in [-0.3, -0.25) is 4.79 Å². The average Bonchev–Trinajstić information content (AvgIpc) is 2.28. The van der Waals surface area contributed by atoms with E-state index >= 15 is 0 Å². The Hall–Kier alpha value is -0.880. The lowest BCUT2D eigenvalue weighted by molar-refractivity contribution is -0.129. The molecule has 0 aliphatic carbocycles. The molecule has 0 aromatic heterocycles. The molecule has 0 bridgehead atoms. The molecule has 0 aliphatic heterocycles. The molecule has 0 amide bonds. The van der Waals surface area contributed by atoms with E-state index in [1.165, 1.54) is 7.11 Å². The van der Waals surface area contributed by atoms with Crippen molar-refractivity contribution in [3.63, 3.8) is 0 Å². The largest absolute Gasteiger partial charge is 0.465 e. The second-order valence-electron chi connectivity index (χ2n) is 2.82. The van der Waals surface area contributed by atoms with Gasteiger partial charge in [0.25, 0.3) is 6.47 Å². The summed E-state index contributed by atoms with van der Waals surface area (Å²) in [5.74, 6) is -0.435. The van der Waals surface area contributed by atoms with Gasteiger partial charge in [0, 0.05) is 14.5 Å². The zero-order valence-electron chi connectivity index (χ0n) is 8.33. The van der Waals surface area contributed by atoms with Crippen LogP contribution < -0.4 is 0 Å². The Labute approximate surface area is 109 Å². The van der Waals surface area contributed by atoms with Gasteiger partial charge in [-0.2, -0.15) is 0 Å². The van der Waals surface area contributed by atoms with Crippen LogP contribution in [0.1, 0.15) is 15.9 Å². The van der Waals surface area contributed by atoms with E-state index in [0.29, 0.717) is 21.0 Å². The number of carbonyl (C=O) groups excluding carboxylic acids is 2. The highest BCUT2D eigenvalue weighted by atomic mass is 79.9. The molecule has 4 nitrogen and oxygen atoms in total. The van der Waals surface area contributed by atoms with Crippen molar-refractivity contribution in [1.82, 2.24) is 0 Å². The highest BCUT2D eigenvalue weighted by Gasteiger charge is 2.13. The molecule has 1 aromatic rings. The average molecular weight is 352 g/mol. The highest BCUT2D eigenvalue weighted by Crippen LogP contribution is 2.27. The van der Waals surface area contributed by atoms with Gasteiger partial charge in [-0.1, -0.05) is 15.9 Å². The van der Waals surface area contributed by atoms with Gasteiger partial charge in [-0.05, 0) is 28.1 Å². The normalized spacial score (nSPS) is 9.69. The molecule has 6 heteroatoms. The predicted molar refractivity (Wildman–Crippen MR) is 64.0 cm³/mol. The van der Waals surface area contributed by atoms with E-state index in [-0.39, 0.29) is 6.61 Å². The SMILES string of the molecule is COC(=O)c1cc(Br)c(COC=O)cc1Br. The van der Waals surface area contributed by atoms with Crippen LogP contribution in [0.15, 0.2) is 21.1 Å². The van der Waals surface area contributed by atoms with Crippen LogP contribution in [0.5, 0.6) is 0 Å². The summed E-state index contributed by atoms with van der Waals surface area (Å²) in [7, 11) is 1.31. The molecule has 16 heavy (non-hydrogen) atoms. The Morgan fingerprint density at radius 2 is 2.06 bits per heavy atom. The van der Waals surface area contributed by atoms with Crippen LogP contribution in [-0.2, 0) is 20.9 Å². The number of hydrogen-bond donors (Lipinski definition) is 0. The van der Waals surface area contributed by atoms with Crippen molar-refractivity contribution in [2.75, 3.05) is 7.11 Å². The van der Waals surface area contributed by atoms with Crippen LogP contribution in [-0.4, -0.2) is 19.6 Å². The monoisotopic (exact) mass is 350 g/mol. The van der Waals surface area contributed by atoms with Gasteiger partial charge in [-0.25, -0.2) is 4.79 Å². The quantitative estimate of drug-likeness (QED) is 0.618. The summed E-state index contributed by atoms with van der Waals surface area (Å²) in [6, 6.07) is 3.30. The van der Waals surface area contributed by atoms with Crippen LogP contribution in [0.3, 0.4) is 0 Å². The van der Waals surface area contributed by atoms with E-state index in [9.17, 15) is 9.59 Å². The van der Waals surface area contributed by atoms with E-state index in [4.69, 9.17) is 0 Å². The maximum Gasteiger partial charge on any atom is 0.339 e. The number of methoxy groups -OCH3 is 1. The molecule has 0 aliphatic rings. The first kappa shape index (κ1) is 13.2. The van der Waals surface area contributed by atoms with Gasteiger partial charge in [0.1, 0.15) is 6.61 Å². The zero-order valence-corrected chi connectivity index (χ0v) is 11.5. The Morgan fingerprint density at radius 1 is 1.38 bits per heavy atom. The van der Waals surface area contributed by atoms with Gasteiger partial charge in [-0.15, -0.1) is 0 Å². The Bertz CT molecular complexity index is 418. The van der Waals surface area contributed by atoms with E-state index in [1.54, 1.807) is 12.1 Å². The highest BCUT2D eigenvalue weighted by molar-refractivity contribution is 9.11. The van der Waals surface area contributed by atoms with Crippen LogP contribution in [0.2, 0.25) is 0 Å². The number of halogens is 2. The maximum atomic E-state index is 11.4. The molecule has 1 aromatic carbocycles. The first-order valence-electron chi connectivity index (χ1n) is 4.21. The lowest BCUT2D eigenvalue weighted by Gasteiger charge is -2.08. The fourth-order valence-corrected chi connectivity index (χ4v) is 2.10. The van der Waals surface area contributed by atoms with Crippen LogP contribution in [0, 0.1) is 0 Å². The van der Waals surface area contributed by atoms with E-state index in [2.05, 4.69) is 41.3 Å². The number of benzene rings is 1. The lowest BCUT2D eigenvalue weighted by Crippen LogP contribution is -2.04. The maximum absolute atomic E-state index is 11.4. The third-order valence-electron chi connectivity index (χ3n) is 1.85. The van der Waals surface area contributed by atoms with Crippen molar-refractivity contribution >= 4 is 44.3 Å². The summed E-state index contributed by atoms with van der Waals surface area (Å²) in [6.07, 6.45) is 0. The Morgan fingerprint density at radius 3 is 2.62 bits per heavy atom. The van der Waals surface area contributed by atoms with Crippen molar-refractivity contribution in [2.24, 2.45) is 0 Å². The third kappa shape index (κ3) is 3.05. The van der Waals surface area contributed by atoms with Gasteiger partial charge in [0.05, 0.1) is 12.7 Å². The fraction of sp³-hybridized carbons (Fsp3) is 0.200. The Kier molecular flexibility index (Phi) is 4.95. The molecule has 0 radical (unpaired) electrons. The molecule has 1 rings (SSSR count). The predicted octanol–water partition coefficient (Wildman–Crippen LogP) is 2.67. The molecular formula is C10H8Br2O4. The molecule has 0 spiro atoms. The molecule has 0 fully saturated rings. The molecule has 0 N–H and O–H groups in total. The molecular weight excluding hydrogens is 344 g/mol. The lowest BCUT2D eigenvalue weighted by atomic mass is 10.1. The number of esters is 1. The summed E-state index contributed by atoms with van der Waals surface area (Å²) in [5, 5.41) is 0. The second-order valence-corrected chi connectivity index (χ2v) is 4.53. The minimum Gasteiger partial charge on any atom is -0.465 e. The summed E-state index contributed by atoms with van der Waals surface area (Å²) in [6.45, 7) is 0.513. The molecule has 0 atom stereocenters. The standard InChI is InChI=1S/C10H8Br2O4/c1-15-10(14)7-3-8(11)6(2-9(7)12)4-16-5-13/h2-3,5H,4H2,1H3. The van der Waals surface area contributed by atoms with E-state index < -0.39 is 5.97 Å². The molecule has 0 heterocycles. The Balaban J connectivity index is 3.06. The topological polar surface area (TPSA) is 52.6 Å². The summed E-state index contributed by atoms with van der Waals surface area (Å²) in [4.78, 5) is 21.4. The summed E-state index contributed by atoms with van der Waals surface area (Å²) >= 11 is 6.53. The first-order chi connectivity index (χ1) is 7.60. The number of ether oxygens (including phenoxy) is 2. The molecule has 0 unspecified atom stereocenters. The van der Waals surface area contributed by atoms with Gasteiger partial charge in [0.2, 0.25) is 0 Å². The zero-order chi connectivity index (χ0) is 12.1. The second kappa shape index (κ2) is 6.00. The smallest absolute Gasteiger partial charge is 0.339 e. The van der Waals surface area contributed by atoms with Gasteiger partial charge >= 0.3 is 5.97 Å². The van der Waals surface area contributed by atoms with Crippen LogP contribution in [0.4, 0.5) is 0 Å². The summed E-state index contributed by atoms with van der Waals surface area (Å²) < 4.78 is 10.5. The minimum absolute atomic E-state index is 0.143. The van der Waals surface area contributed by atoms with Crippen molar-refractivity contribution in [2.45, 2.75) is 6.61 Å². The van der Waals surface area contributed by atoms with Crippen molar-refractivity contribution in [3.8, 4) is 0 Å². The minimum atomic E-state index is -0.435. The number of carbonyl (C=O) groups is 2. The molecule has 0 saturated carbocycles. The number of hydrogen-bond acceptors (Lipinski definition) is 4. The third-order valence-corrected chi connectivity index (χ3v) is 3.24. The van der Waals surface area contributed by atoms with E-state index in [1.807, 2.05) is 0 Å². The van der Waals surface area contributed by atoms with Crippen LogP contribution in [0.25, 0.3) is 0 Å².